The molecular weight excluding hydrogens is 392 g/mol. The molecule has 0 spiro atoms. The second-order valence-corrected chi connectivity index (χ2v) is 6.44. The third-order valence-electron chi connectivity index (χ3n) is 3.98. The maximum Gasteiger partial charge on any atom is 0.338 e. The maximum absolute atomic E-state index is 12.1. The zero-order chi connectivity index (χ0) is 21.3. The fraction of sp³-hybridized carbons (Fsp3) is 0.400. The molecule has 0 atom stereocenters. The Morgan fingerprint density at radius 3 is 1.53 bits per heavy atom. The van der Waals surface area contributed by atoms with Crippen molar-refractivity contribution in [1.29, 1.82) is 0 Å². The minimum atomic E-state index is -0.570. The van der Waals surface area contributed by atoms with E-state index in [2.05, 4.69) is 20.3 Å². The first-order valence-corrected chi connectivity index (χ1v) is 9.66. The van der Waals surface area contributed by atoms with E-state index in [1.807, 2.05) is 13.8 Å². The maximum atomic E-state index is 12.1. The first kappa shape index (κ1) is 21.2. The molecule has 158 valence electrons. The van der Waals surface area contributed by atoms with E-state index in [1.54, 1.807) is 0 Å². The van der Waals surface area contributed by atoms with Gasteiger partial charge in [0.25, 0.3) is 11.8 Å². The third-order valence-corrected chi connectivity index (χ3v) is 3.98. The van der Waals surface area contributed by atoms with Gasteiger partial charge >= 0.3 is 11.9 Å². The molecule has 0 bridgehead atoms. The standard InChI is InChI=1S/C20H22N4O6/c1-3-5-15-21-17(29-23-15)11-27-19(25)13-7-9-14(10-8-13)20(26)28-12-18-22-16(6-4-2)24-30-18/h7-10H,3-6,11-12H2,1-2H3. The molecule has 3 rings (SSSR count). The zero-order valence-electron chi connectivity index (χ0n) is 16.8. The van der Waals surface area contributed by atoms with Gasteiger partial charge in [0.15, 0.2) is 24.9 Å². The van der Waals surface area contributed by atoms with Gasteiger partial charge in [-0.1, -0.05) is 24.2 Å². The van der Waals surface area contributed by atoms with Gasteiger partial charge < -0.3 is 18.5 Å². The summed E-state index contributed by atoms with van der Waals surface area (Å²) in [6.45, 7) is 3.76. The zero-order valence-corrected chi connectivity index (χ0v) is 16.8. The second kappa shape index (κ2) is 10.3. The van der Waals surface area contributed by atoms with Crippen LogP contribution in [0.15, 0.2) is 33.3 Å². The molecule has 10 heteroatoms. The number of rotatable bonds is 10. The monoisotopic (exact) mass is 414 g/mol. The molecule has 10 nitrogen and oxygen atoms in total. The van der Waals surface area contributed by atoms with E-state index in [0.29, 0.717) is 24.5 Å². The first-order chi connectivity index (χ1) is 14.6. The molecule has 3 aromatic rings. The lowest BCUT2D eigenvalue weighted by Crippen LogP contribution is -2.08. The van der Waals surface area contributed by atoms with E-state index in [4.69, 9.17) is 18.5 Å². The fourth-order valence-electron chi connectivity index (χ4n) is 2.51. The normalized spacial score (nSPS) is 10.7. The van der Waals surface area contributed by atoms with Gasteiger partial charge in [-0.2, -0.15) is 9.97 Å². The quantitative estimate of drug-likeness (QED) is 0.456. The Bertz CT molecular complexity index is 900. The number of aromatic nitrogens is 4. The number of nitrogens with zero attached hydrogens (tertiary/aromatic N) is 4. The lowest BCUT2D eigenvalue weighted by Gasteiger charge is -2.04. The SMILES string of the molecule is CCCc1noc(COC(=O)c2ccc(C(=O)OCc3nc(CCC)no3)cc2)n1. The summed E-state index contributed by atoms with van der Waals surface area (Å²) in [7, 11) is 0. The van der Waals surface area contributed by atoms with Crippen LogP contribution in [0.2, 0.25) is 0 Å². The highest BCUT2D eigenvalue weighted by molar-refractivity contribution is 5.93. The van der Waals surface area contributed by atoms with E-state index >= 15 is 0 Å². The fourth-order valence-corrected chi connectivity index (χ4v) is 2.51. The Morgan fingerprint density at radius 1 is 0.767 bits per heavy atom. The molecule has 0 amide bonds. The van der Waals surface area contributed by atoms with Crippen LogP contribution >= 0.6 is 0 Å². The summed E-state index contributed by atoms with van der Waals surface area (Å²) in [5, 5.41) is 7.59. The summed E-state index contributed by atoms with van der Waals surface area (Å²) in [5.74, 6) is 0.478. The molecule has 2 aromatic heterocycles. The molecule has 0 fully saturated rings. The van der Waals surface area contributed by atoms with Crippen molar-refractivity contribution >= 4 is 11.9 Å². The van der Waals surface area contributed by atoms with Crippen molar-refractivity contribution in [2.45, 2.75) is 52.7 Å². The molecule has 0 unspecified atom stereocenters. The van der Waals surface area contributed by atoms with Crippen LogP contribution < -0.4 is 0 Å². The number of carbonyl (C=O) groups excluding carboxylic acids is 2. The molecule has 2 heterocycles. The van der Waals surface area contributed by atoms with Crippen LogP contribution in [0.5, 0.6) is 0 Å². The summed E-state index contributed by atoms with van der Waals surface area (Å²) < 4.78 is 20.3. The van der Waals surface area contributed by atoms with Crippen molar-refractivity contribution < 1.29 is 28.1 Å². The minimum absolute atomic E-state index is 0.121. The highest BCUT2D eigenvalue weighted by atomic mass is 16.6. The lowest BCUT2D eigenvalue weighted by atomic mass is 10.1. The molecule has 0 saturated heterocycles. The van der Waals surface area contributed by atoms with Gasteiger partial charge in [0.05, 0.1) is 11.1 Å². The smallest absolute Gasteiger partial charge is 0.338 e. The van der Waals surface area contributed by atoms with Crippen molar-refractivity contribution in [2.24, 2.45) is 0 Å². The molecule has 1 aromatic carbocycles. The number of carbonyl (C=O) groups is 2. The lowest BCUT2D eigenvalue weighted by molar-refractivity contribution is 0.0417. The van der Waals surface area contributed by atoms with Crippen molar-refractivity contribution in [3.05, 3.63) is 58.8 Å². The van der Waals surface area contributed by atoms with Crippen LogP contribution in [0.3, 0.4) is 0 Å². The number of esters is 2. The van der Waals surface area contributed by atoms with E-state index in [9.17, 15) is 9.59 Å². The van der Waals surface area contributed by atoms with Gasteiger partial charge in [0, 0.05) is 12.8 Å². The molecule has 30 heavy (non-hydrogen) atoms. The van der Waals surface area contributed by atoms with E-state index < -0.39 is 11.9 Å². The van der Waals surface area contributed by atoms with Crippen LogP contribution in [-0.4, -0.2) is 32.2 Å². The average Bonchev–Trinajstić information content (AvgIpc) is 3.40. The van der Waals surface area contributed by atoms with Crippen LogP contribution in [0.1, 0.15) is 70.8 Å². The summed E-state index contributed by atoms with van der Waals surface area (Å²) in [5.41, 5.74) is 0.557. The van der Waals surface area contributed by atoms with Gasteiger partial charge in [-0.25, -0.2) is 9.59 Å². The van der Waals surface area contributed by atoms with Crippen LogP contribution in [0.4, 0.5) is 0 Å². The summed E-state index contributed by atoms with van der Waals surface area (Å²) >= 11 is 0. The highest BCUT2D eigenvalue weighted by Gasteiger charge is 2.14. The summed E-state index contributed by atoms with van der Waals surface area (Å²) in [4.78, 5) is 32.5. The van der Waals surface area contributed by atoms with Crippen LogP contribution in [0.25, 0.3) is 0 Å². The number of hydrogen-bond donors (Lipinski definition) is 0. The number of ether oxygens (including phenoxy) is 2. The van der Waals surface area contributed by atoms with Crippen molar-refractivity contribution in [2.75, 3.05) is 0 Å². The van der Waals surface area contributed by atoms with Crippen molar-refractivity contribution in [1.82, 2.24) is 20.3 Å². The predicted molar refractivity (Wildman–Crippen MR) is 101 cm³/mol. The Morgan fingerprint density at radius 2 is 1.17 bits per heavy atom. The first-order valence-electron chi connectivity index (χ1n) is 9.66. The number of hydrogen-bond acceptors (Lipinski definition) is 10. The van der Waals surface area contributed by atoms with Crippen LogP contribution in [-0.2, 0) is 35.5 Å². The molecular formula is C20H22N4O6. The van der Waals surface area contributed by atoms with Gasteiger partial charge in [0.1, 0.15) is 0 Å². The molecule has 0 saturated carbocycles. The predicted octanol–water partition coefficient (Wildman–Crippen LogP) is 3.07. The van der Waals surface area contributed by atoms with Gasteiger partial charge in [-0.05, 0) is 37.1 Å². The van der Waals surface area contributed by atoms with Crippen molar-refractivity contribution in [3.8, 4) is 0 Å². The van der Waals surface area contributed by atoms with Gasteiger partial charge in [-0.3, -0.25) is 0 Å². The van der Waals surface area contributed by atoms with E-state index in [0.717, 1.165) is 12.8 Å². The van der Waals surface area contributed by atoms with Crippen molar-refractivity contribution in [3.63, 3.8) is 0 Å². The average molecular weight is 414 g/mol. The van der Waals surface area contributed by atoms with Gasteiger partial charge in [0.2, 0.25) is 0 Å². The topological polar surface area (TPSA) is 130 Å². The molecule has 0 N–H and O–H groups in total. The number of benzene rings is 1. The van der Waals surface area contributed by atoms with E-state index in [1.165, 1.54) is 24.3 Å². The number of aryl methyl sites for hydroxylation is 2. The Hall–Kier alpha value is -3.56. The summed E-state index contributed by atoms with van der Waals surface area (Å²) in [6.07, 6.45) is 3.17. The second-order valence-electron chi connectivity index (χ2n) is 6.44. The Labute approximate surface area is 172 Å². The molecule has 0 aliphatic carbocycles. The Kier molecular flexibility index (Phi) is 7.25. The minimum Gasteiger partial charge on any atom is -0.452 e. The van der Waals surface area contributed by atoms with Gasteiger partial charge in [-0.15, -0.1) is 0 Å². The highest BCUT2D eigenvalue weighted by Crippen LogP contribution is 2.11. The Balaban J connectivity index is 1.48. The molecule has 0 radical (unpaired) electrons. The molecule has 0 aliphatic rings. The summed E-state index contributed by atoms with van der Waals surface area (Å²) in [6, 6.07) is 5.89. The third kappa shape index (κ3) is 5.72. The molecule has 0 aliphatic heterocycles. The van der Waals surface area contributed by atoms with Crippen LogP contribution in [0, 0.1) is 0 Å². The van der Waals surface area contributed by atoms with E-state index in [-0.39, 0.29) is 36.1 Å². The largest absolute Gasteiger partial charge is 0.452 e.